The molecule has 0 N–H and O–H groups in total. The van der Waals surface area contributed by atoms with Gasteiger partial charge in [0.05, 0.1) is 0 Å². The fourth-order valence-corrected chi connectivity index (χ4v) is 4.29. The van der Waals surface area contributed by atoms with Crippen LogP contribution in [0, 0.1) is 0 Å². The lowest BCUT2D eigenvalue weighted by Crippen LogP contribution is -2.49. The number of thiazole rings is 1. The molecule has 0 spiro atoms. The first-order valence-corrected chi connectivity index (χ1v) is 9.91. The number of hydrogen-bond donors (Lipinski definition) is 0. The highest BCUT2D eigenvalue weighted by Crippen LogP contribution is 2.26. The second kappa shape index (κ2) is 8.18. The minimum atomic E-state index is -0.583. The van der Waals surface area contributed by atoms with Crippen LogP contribution in [0.5, 0.6) is 0 Å². The van der Waals surface area contributed by atoms with E-state index in [0.717, 1.165) is 24.8 Å². The molecule has 3 rings (SSSR count). The molecular formula is C19H21ClN2O3S. The molecule has 0 bridgehead atoms. The van der Waals surface area contributed by atoms with Crippen LogP contribution in [0.1, 0.15) is 43.6 Å². The molecule has 1 fully saturated rings. The molecule has 5 nitrogen and oxygen atoms in total. The lowest BCUT2D eigenvalue weighted by molar-refractivity contribution is -0.140. The second-order valence-corrected chi connectivity index (χ2v) is 7.85. The van der Waals surface area contributed by atoms with Crippen molar-refractivity contribution in [3.63, 3.8) is 0 Å². The molecule has 2 aromatic rings. The normalized spacial score (nSPS) is 20.0. The van der Waals surface area contributed by atoms with Crippen LogP contribution in [0.4, 0.5) is 0 Å². The zero-order valence-corrected chi connectivity index (χ0v) is 16.3. The first kappa shape index (κ1) is 18.9. The average Bonchev–Trinajstić information content (AvgIpc) is 3.10. The summed E-state index contributed by atoms with van der Waals surface area (Å²) in [6.45, 7) is 3.82. The average molecular weight is 393 g/mol. The van der Waals surface area contributed by atoms with E-state index in [0.29, 0.717) is 10.0 Å². The van der Waals surface area contributed by atoms with Crippen molar-refractivity contribution in [3.05, 3.63) is 40.4 Å². The van der Waals surface area contributed by atoms with Gasteiger partial charge in [0.2, 0.25) is 0 Å². The Morgan fingerprint density at radius 3 is 2.73 bits per heavy atom. The van der Waals surface area contributed by atoms with E-state index in [2.05, 4.69) is 4.98 Å². The number of rotatable bonds is 4. The topological polar surface area (TPSA) is 59.5 Å². The maximum absolute atomic E-state index is 12.4. The molecule has 1 aliphatic heterocycles. The Morgan fingerprint density at radius 1 is 1.31 bits per heavy atom. The Labute approximate surface area is 161 Å². The van der Waals surface area contributed by atoms with E-state index in [9.17, 15) is 9.59 Å². The Hall–Kier alpha value is -1.92. The Balaban J connectivity index is 1.61. The zero-order chi connectivity index (χ0) is 18.7. The van der Waals surface area contributed by atoms with Gasteiger partial charge in [0.25, 0.3) is 5.91 Å². The standard InChI is InChI=1S/C19H21ClN2O3S/c1-12-5-3-6-13(2)22(12)17(23)10-25-19(24)16-11-26-18(21-16)14-7-4-8-15(20)9-14/h4,7-9,11-13H,3,5-6,10H2,1-2H3. The number of esters is 1. The number of nitrogens with zero attached hydrogens (tertiary/aromatic N) is 2. The van der Waals surface area contributed by atoms with Crippen LogP contribution in [0.3, 0.4) is 0 Å². The highest BCUT2D eigenvalue weighted by Gasteiger charge is 2.29. The van der Waals surface area contributed by atoms with E-state index < -0.39 is 5.97 Å². The number of amides is 1. The summed E-state index contributed by atoms with van der Waals surface area (Å²) in [5.41, 5.74) is 1.05. The Bertz CT molecular complexity index is 798. The predicted molar refractivity (Wildman–Crippen MR) is 102 cm³/mol. The summed E-state index contributed by atoms with van der Waals surface area (Å²) >= 11 is 7.33. The van der Waals surface area contributed by atoms with Crippen LogP contribution < -0.4 is 0 Å². The Kier molecular flexibility index (Phi) is 5.94. The van der Waals surface area contributed by atoms with Crippen LogP contribution in [-0.4, -0.2) is 40.5 Å². The fraction of sp³-hybridized carbons (Fsp3) is 0.421. The van der Waals surface area contributed by atoms with Crippen LogP contribution in [-0.2, 0) is 9.53 Å². The molecule has 0 aliphatic carbocycles. The molecule has 138 valence electrons. The van der Waals surface area contributed by atoms with Crippen LogP contribution in [0.2, 0.25) is 5.02 Å². The summed E-state index contributed by atoms with van der Waals surface area (Å²) in [5.74, 6) is -0.733. The van der Waals surface area contributed by atoms with Crippen molar-refractivity contribution >= 4 is 34.8 Å². The third-order valence-electron chi connectivity index (χ3n) is 4.59. The molecule has 1 aliphatic rings. The number of carbonyl (C=O) groups is 2. The summed E-state index contributed by atoms with van der Waals surface area (Å²) < 4.78 is 5.20. The molecule has 2 atom stereocenters. The number of carbonyl (C=O) groups excluding carboxylic acids is 2. The second-order valence-electron chi connectivity index (χ2n) is 6.55. The maximum Gasteiger partial charge on any atom is 0.358 e. The van der Waals surface area contributed by atoms with Crippen molar-refractivity contribution in [2.24, 2.45) is 0 Å². The quantitative estimate of drug-likeness (QED) is 0.723. The molecule has 0 radical (unpaired) electrons. The first-order chi connectivity index (χ1) is 12.5. The van der Waals surface area contributed by atoms with Gasteiger partial charge in [0.1, 0.15) is 5.01 Å². The summed E-state index contributed by atoms with van der Waals surface area (Å²) in [4.78, 5) is 30.8. The van der Waals surface area contributed by atoms with E-state index in [1.165, 1.54) is 11.3 Å². The van der Waals surface area contributed by atoms with Crippen LogP contribution in [0.25, 0.3) is 10.6 Å². The molecule has 7 heteroatoms. The summed E-state index contributed by atoms with van der Waals surface area (Å²) in [6, 6.07) is 7.64. The third-order valence-corrected chi connectivity index (χ3v) is 5.72. The SMILES string of the molecule is CC1CCCC(C)N1C(=O)COC(=O)c1csc(-c2cccc(Cl)c2)n1. The molecule has 1 saturated heterocycles. The predicted octanol–water partition coefficient (Wildman–Crippen LogP) is 4.41. The molecule has 1 aromatic carbocycles. The zero-order valence-electron chi connectivity index (χ0n) is 14.8. The monoisotopic (exact) mass is 392 g/mol. The van der Waals surface area contributed by atoms with E-state index >= 15 is 0 Å². The van der Waals surface area contributed by atoms with Gasteiger partial charge in [-0.3, -0.25) is 4.79 Å². The van der Waals surface area contributed by atoms with Gasteiger partial charge in [-0.05, 0) is 45.2 Å². The first-order valence-electron chi connectivity index (χ1n) is 8.65. The van der Waals surface area contributed by atoms with Gasteiger partial charge < -0.3 is 9.64 Å². The van der Waals surface area contributed by atoms with Crippen molar-refractivity contribution in [1.29, 1.82) is 0 Å². The molecular weight excluding hydrogens is 372 g/mol. The summed E-state index contributed by atoms with van der Waals surface area (Å²) in [5, 5.41) is 2.93. The lowest BCUT2D eigenvalue weighted by Gasteiger charge is -2.38. The van der Waals surface area contributed by atoms with Gasteiger partial charge in [-0.15, -0.1) is 11.3 Å². The molecule has 1 aromatic heterocycles. The van der Waals surface area contributed by atoms with Crippen molar-refractivity contribution < 1.29 is 14.3 Å². The third kappa shape index (κ3) is 4.24. The van der Waals surface area contributed by atoms with Gasteiger partial charge in [-0.25, -0.2) is 9.78 Å². The van der Waals surface area contributed by atoms with E-state index in [4.69, 9.17) is 16.3 Å². The van der Waals surface area contributed by atoms with Gasteiger partial charge in [-0.1, -0.05) is 23.7 Å². The van der Waals surface area contributed by atoms with Crippen LogP contribution in [0.15, 0.2) is 29.6 Å². The molecule has 2 unspecified atom stereocenters. The molecule has 0 saturated carbocycles. The van der Waals surface area contributed by atoms with Crippen molar-refractivity contribution in [1.82, 2.24) is 9.88 Å². The van der Waals surface area contributed by atoms with E-state index in [-0.39, 0.29) is 30.3 Å². The largest absolute Gasteiger partial charge is 0.451 e. The number of halogens is 1. The van der Waals surface area contributed by atoms with Gasteiger partial charge >= 0.3 is 5.97 Å². The van der Waals surface area contributed by atoms with Gasteiger partial charge in [0, 0.05) is 28.0 Å². The van der Waals surface area contributed by atoms with Crippen LogP contribution >= 0.6 is 22.9 Å². The summed E-state index contributed by atoms with van der Waals surface area (Å²) in [6.07, 6.45) is 3.09. The highest BCUT2D eigenvalue weighted by atomic mass is 35.5. The van der Waals surface area contributed by atoms with Gasteiger partial charge in [-0.2, -0.15) is 0 Å². The summed E-state index contributed by atoms with van der Waals surface area (Å²) in [7, 11) is 0. The van der Waals surface area contributed by atoms with Crippen molar-refractivity contribution in [2.75, 3.05) is 6.61 Å². The highest BCUT2D eigenvalue weighted by molar-refractivity contribution is 7.13. The minimum Gasteiger partial charge on any atom is -0.451 e. The molecule has 26 heavy (non-hydrogen) atoms. The number of hydrogen-bond acceptors (Lipinski definition) is 5. The number of aromatic nitrogens is 1. The van der Waals surface area contributed by atoms with E-state index in [1.54, 1.807) is 17.5 Å². The smallest absolute Gasteiger partial charge is 0.358 e. The maximum atomic E-state index is 12.4. The molecule has 1 amide bonds. The van der Waals surface area contributed by atoms with E-state index in [1.807, 2.05) is 30.9 Å². The number of likely N-dealkylation sites (tertiary alicyclic amines) is 1. The number of benzene rings is 1. The fourth-order valence-electron chi connectivity index (χ4n) is 3.31. The number of piperidine rings is 1. The van der Waals surface area contributed by atoms with Crippen molar-refractivity contribution in [3.8, 4) is 10.6 Å². The lowest BCUT2D eigenvalue weighted by atomic mass is 9.97. The van der Waals surface area contributed by atoms with Crippen molar-refractivity contribution in [2.45, 2.75) is 45.2 Å². The number of ether oxygens (including phenoxy) is 1. The van der Waals surface area contributed by atoms with Gasteiger partial charge in [0.15, 0.2) is 12.3 Å². The molecule has 2 heterocycles. The minimum absolute atomic E-state index is 0.150. The Morgan fingerprint density at radius 2 is 2.04 bits per heavy atom.